The number of hydrogen-bond donors (Lipinski definition) is 1. The predicted octanol–water partition coefficient (Wildman–Crippen LogP) is 4.40. The van der Waals surface area contributed by atoms with E-state index in [1.807, 2.05) is 0 Å². The fourth-order valence-corrected chi connectivity index (χ4v) is 3.86. The van der Waals surface area contributed by atoms with Crippen LogP contribution in [0.4, 0.5) is 0 Å². The number of benzene rings is 1. The zero-order valence-electron chi connectivity index (χ0n) is 16.9. The molecule has 140 valence electrons. The van der Waals surface area contributed by atoms with E-state index in [-0.39, 0.29) is 0 Å². The van der Waals surface area contributed by atoms with Gasteiger partial charge in [-0.15, -0.1) is 0 Å². The fourth-order valence-electron chi connectivity index (χ4n) is 3.86. The van der Waals surface area contributed by atoms with Crippen LogP contribution in [-0.2, 0) is 13.5 Å². The highest BCUT2D eigenvalue weighted by atomic mass is 15.0. The first kappa shape index (κ1) is 19.1. The molecule has 1 aromatic heterocycles. The van der Waals surface area contributed by atoms with Crippen molar-refractivity contribution in [3.63, 3.8) is 0 Å². The summed E-state index contributed by atoms with van der Waals surface area (Å²) < 4.78 is 4.46. The summed E-state index contributed by atoms with van der Waals surface area (Å²) >= 11 is 0. The van der Waals surface area contributed by atoms with Gasteiger partial charge in [0.15, 0.2) is 0 Å². The molecule has 2 N–H and O–H groups in total. The van der Waals surface area contributed by atoms with Crippen LogP contribution in [0.25, 0.3) is 11.6 Å². The van der Waals surface area contributed by atoms with Crippen molar-refractivity contribution in [3.8, 4) is 0 Å². The molecule has 0 radical (unpaired) electrons. The highest BCUT2D eigenvalue weighted by Crippen LogP contribution is 2.30. The SMILES string of the molecule is CCc1ccccc1/C=C/C1=[N+](C)C(=C(/CCN)c2cccn2C)/C(C)=C1. The first-order valence-electron chi connectivity index (χ1n) is 9.67. The van der Waals surface area contributed by atoms with Gasteiger partial charge in [0.25, 0.3) is 0 Å². The molecule has 0 amide bonds. The fraction of sp³-hybridized carbons (Fsp3) is 0.292. The Labute approximate surface area is 162 Å². The largest absolute Gasteiger partial charge is 0.351 e. The molecule has 3 heteroatoms. The average molecular weight is 361 g/mol. The van der Waals surface area contributed by atoms with E-state index < -0.39 is 0 Å². The summed E-state index contributed by atoms with van der Waals surface area (Å²) in [4.78, 5) is 0. The van der Waals surface area contributed by atoms with Gasteiger partial charge in [-0.2, -0.15) is 4.58 Å². The lowest BCUT2D eigenvalue weighted by molar-refractivity contribution is -0.433. The third kappa shape index (κ3) is 3.88. The molecule has 0 atom stereocenters. The molecule has 1 aliphatic rings. The van der Waals surface area contributed by atoms with Gasteiger partial charge >= 0.3 is 0 Å². The molecule has 27 heavy (non-hydrogen) atoms. The van der Waals surface area contributed by atoms with E-state index in [0.717, 1.165) is 12.8 Å². The number of nitrogens with zero attached hydrogens (tertiary/aromatic N) is 2. The van der Waals surface area contributed by atoms with Gasteiger partial charge in [-0.1, -0.05) is 31.2 Å². The number of likely N-dealkylation sites (N-methyl/N-ethyl adjacent to an activating group) is 1. The van der Waals surface area contributed by atoms with Crippen molar-refractivity contribution in [2.24, 2.45) is 12.8 Å². The van der Waals surface area contributed by atoms with Crippen molar-refractivity contribution in [1.82, 2.24) is 4.57 Å². The molecule has 0 saturated carbocycles. The van der Waals surface area contributed by atoms with Crippen LogP contribution in [0.5, 0.6) is 0 Å². The Kier molecular flexibility index (Phi) is 5.92. The second-order valence-electron chi connectivity index (χ2n) is 7.07. The molecule has 2 heterocycles. The Morgan fingerprint density at radius 1 is 1.15 bits per heavy atom. The molecule has 1 aliphatic heterocycles. The van der Waals surface area contributed by atoms with Gasteiger partial charge in [-0.3, -0.25) is 0 Å². The van der Waals surface area contributed by atoms with E-state index in [9.17, 15) is 0 Å². The summed E-state index contributed by atoms with van der Waals surface area (Å²) in [5.41, 5.74) is 14.9. The monoisotopic (exact) mass is 360 g/mol. The summed E-state index contributed by atoms with van der Waals surface area (Å²) in [5.74, 6) is 0. The van der Waals surface area contributed by atoms with Crippen LogP contribution in [0.1, 0.15) is 37.1 Å². The van der Waals surface area contributed by atoms with E-state index >= 15 is 0 Å². The second-order valence-corrected chi connectivity index (χ2v) is 7.07. The smallest absolute Gasteiger partial charge is 0.213 e. The Morgan fingerprint density at radius 2 is 1.93 bits per heavy atom. The molecule has 0 saturated heterocycles. The van der Waals surface area contributed by atoms with Gasteiger partial charge in [0.2, 0.25) is 11.4 Å². The topological polar surface area (TPSA) is 34.0 Å². The predicted molar refractivity (Wildman–Crippen MR) is 116 cm³/mol. The molecule has 0 bridgehead atoms. The first-order valence-corrected chi connectivity index (χ1v) is 9.67. The Balaban J connectivity index is 2.04. The highest BCUT2D eigenvalue weighted by molar-refractivity contribution is 6.06. The molecular formula is C24H30N3+. The summed E-state index contributed by atoms with van der Waals surface area (Å²) in [6.45, 7) is 5.03. The number of allylic oxidation sites excluding steroid dienone is 3. The number of hydrogen-bond acceptors (Lipinski definition) is 1. The van der Waals surface area contributed by atoms with Crippen molar-refractivity contribution in [2.45, 2.75) is 26.7 Å². The zero-order valence-corrected chi connectivity index (χ0v) is 16.9. The average Bonchev–Trinajstić information content (AvgIpc) is 3.21. The molecule has 1 aromatic carbocycles. The van der Waals surface area contributed by atoms with Crippen LogP contribution < -0.4 is 5.73 Å². The number of aromatic nitrogens is 1. The number of nitrogens with two attached hydrogens (primary N) is 1. The molecule has 0 fully saturated rings. The summed E-state index contributed by atoms with van der Waals surface area (Å²) in [5, 5.41) is 0. The van der Waals surface area contributed by atoms with Gasteiger partial charge in [0.1, 0.15) is 7.05 Å². The maximum Gasteiger partial charge on any atom is 0.213 e. The standard InChI is InChI=1S/C24H30N3/c1-5-19-9-6-7-10-20(19)12-13-21-17-18(2)24(27(21)4)22(14-15-25)23-11-8-16-26(23)3/h6-13,16-17H,5,14-15,25H2,1-4H3/q+1/b13-12+. The molecule has 3 rings (SSSR count). The molecule has 0 spiro atoms. The van der Waals surface area contributed by atoms with Gasteiger partial charge in [-0.05, 0) is 55.6 Å². The van der Waals surface area contributed by atoms with Crippen molar-refractivity contribution in [3.05, 3.63) is 82.8 Å². The van der Waals surface area contributed by atoms with E-state index in [4.69, 9.17) is 5.73 Å². The summed E-state index contributed by atoms with van der Waals surface area (Å²) in [7, 11) is 4.24. The molecule has 2 aromatic rings. The lowest BCUT2D eigenvalue weighted by atomic mass is 10.0. The molecule has 0 aliphatic carbocycles. The van der Waals surface area contributed by atoms with Crippen LogP contribution in [0.15, 0.2) is 66.0 Å². The minimum absolute atomic E-state index is 0.639. The highest BCUT2D eigenvalue weighted by Gasteiger charge is 2.28. The minimum Gasteiger partial charge on any atom is -0.351 e. The van der Waals surface area contributed by atoms with Crippen LogP contribution >= 0.6 is 0 Å². The molecular weight excluding hydrogens is 330 g/mol. The third-order valence-electron chi connectivity index (χ3n) is 5.26. The minimum atomic E-state index is 0.639. The van der Waals surface area contributed by atoms with E-state index in [1.165, 1.54) is 39.4 Å². The van der Waals surface area contributed by atoms with Crippen molar-refractivity contribution >= 4 is 17.4 Å². The zero-order chi connectivity index (χ0) is 19.4. The van der Waals surface area contributed by atoms with Gasteiger partial charge in [0, 0.05) is 36.5 Å². The van der Waals surface area contributed by atoms with Crippen LogP contribution in [0, 0.1) is 0 Å². The van der Waals surface area contributed by atoms with Crippen molar-refractivity contribution in [1.29, 1.82) is 0 Å². The second kappa shape index (κ2) is 8.36. The Hall–Kier alpha value is -2.65. The first-order chi connectivity index (χ1) is 13.1. The number of rotatable bonds is 6. The van der Waals surface area contributed by atoms with E-state index in [2.05, 4.69) is 97.9 Å². The maximum atomic E-state index is 5.94. The van der Waals surface area contributed by atoms with Crippen molar-refractivity contribution < 1.29 is 4.58 Å². The summed E-state index contributed by atoms with van der Waals surface area (Å²) in [6, 6.07) is 12.8. The van der Waals surface area contributed by atoms with Crippen LogP contribution in [0.3, 0.4) is 0 Å². The van der Waals surface area contributed by atoms with Crippen LogP contribution in [-0.4, -0.2) is 28.4 Å². The number of aryl methyl sites for hydroxylation is 2. The quantitative estimate of drug-likeness (QED) is 0.761. The van der Waals surface area contributed by atoms with E-state index in [1.54, 1.807) is 0 Å². The normalized spacial score (nSPS) is 16.4. The molecule has 0 unspecified atom stereocenters. The van der Waals surface area contributed by atoms with Crippen LogP contribution in [0.2, 0.25) is 0 Å². The lowest BCUT2D eigenvalue weighted by Crippen LogP contribution is -2.13. The maximum absolute atomic E-state index is 5.94. The van der Waals surface area contributed by atoms with Crippen molar-refractivity contribution in [2.75, 3.05) is 13.6 Å². The lowest BCUT2D eigenvalue weighted by Gasteiger charge is -2.10. The van der Waals surface area contributed by atoms with Gasteiger partial charge < -0.3 is 10.3 Å². The Bertz CT molecular complexity index is 952. The Morgan fingerprint density at radius 3 is 2.59 bits per heavy atom. The van der Waals surface area contributed by atoms with Gasteiger partial charge in [0.05, 0.1) is 5.69 Å². The van der Waals surface area contributed by atoms with Gasteiger partial charge in [-0.25, -0.2) is 0 Å². The molecule has 3 nitrogen and oxygen atoms in total. The third-order valence-corrected chi connectivity index (χ3v) is 5.26. The summed E-state index contributed by atoms with van der Waals surface area (Å²) in [6.07, 6.45) is 10.7. The van der Waals surface area contributed by atoms with E-state index in [0.29, 0.717) is 6.54 Å².